The van der Waals surface area contributed by atoms with Gasteiger partial charge in [-0.1, -0.05) is 78.9 Å². The molecule has 4 aromatic rings. The Labute approximate surface area is 288 Å². The standard InChI is InChI=1S/C40H45NO8/c1-44-35-16-15-29(20-36(35)45-2)19-34-33-22-32(24-38(47-4)40(43)49-26-28-13-9-6-10-14-28)31(21-30(33)17-18-41-34)23-37(46-3)39(42)48-25-27-11-7-5-8-12-27/h5-16,20-22,34,37-38,41H,17-19,23-26H2,1-4H3/t34-,37?,38?/m1/s1. The molecule has 1 N–H and O–H groups in total. The second-order valence-electron chi connectivity index (χ2n) is 12.0. The summed E-state index contributed by atoms with van der Waals surface area (Å²) in [5.41, 5.74) is 6.96. The van der Waals surface area contributed by atoms with Crippen LogP contribution in [-0.2, 0) is 67.4 Å². The Morgan fingerprint density at radius 1 is 0.673 bits per heavy atom. The molecule has 1 aliphatic rings. The lowest BCUT2D eigenvalue weighted by atomic mass is 9.84. The normalized spacial score (nSPS) is 15.1. The zero-order valence-electron chi connectivity index (χ0n) is 28.6. The number of carbonyl (C=O) groups is 2. The predicted octanol–water partition coefficient (Wildman–Crippen LogP) is 5.74. The first-order valence-electron chi connectivity index (χ1n) is 16.5. The third-order valence-corrected chi connectivity index (χ3v) is 8.86. The summed E-state index contributed by atoms with van der Waals surface area (Å²) in [6.07, 6.45) is 0.365. The van der Waals surface area contributed by atoms with Gasteiger partial charge in [-0.05, 0) is 70.5 Å². The molecule has 0 spiro atoms. The Kier molecular flexibility index (Phi) is 12.8. The summed E-state index contributed by atoms with van der Waals surface area (Å²) in [7, 11) is 6.27. The van der Waals surface area contributed by atoms with Gasteiger partial charge in [0.05, 0.1) is 14.2 Å². The lowest BCUT2D eigenvalue weighted by Gasteiger charge is -2.30. The lowest BCUT2D eigenvalue weighted by molar-refractivity contribution is -0.157. The Hall–Kier alpha value is -4.70. The van der Waals surface area contributed by atoms with Crippen molar-refractivity contribution < 1.29 is 38.0 Å². The first kappa shape index (κ1) is 35.6. The number of hydrogen-bond acceptors (Lipinski definition) is 9. The van der Waals surface area contributed by atoms with Gasteiger partial charge in [-0.2, -0.15) is 0 Å². The van der Waals surface area contributed by atoms with Gasteiger partial charge in [-0.3, -0.25) is 0 Å². The second kappa shape index (κ2) is 17.6. The molecule has 49 heavy (non-hydrogen) atoms. The van der Waals surface area contributed by atoms with Crippen molar-refractivity contribution in [3.05, 3.63) is 130 Å². The van der Waals surface area contributed by atoms with Crippen LogP contribution in [0.4, 0.5) is 0 Å². The van der Waals surface area contributed by atoms with E-state index in [9.17, 15) is 9.59 Å². The Morgan fingerprint density at radius 2 is 1.22 bits per heavy atom. The summed E-state index contributed by atoms with van der Waals surface area (Å²) in [6.45, 7) is 1.09. The summed E-state index contributed by atoms with van der Waals surface area (Å²) in [5.74, 6) is 0.442. The minimum Gasteiger partial charge on any atom is -0.493 e. The van der Waals surface area contributed by atoms with Gasteiger partial charge in [0.15, 0.2) is 23.7 Å². The molecule has 4 aromatic carbocycles. The summed E-state index contributed by atoms with van der Waals surface area (Å²) in [6, 6.07) is 29.3. The molecule has 0 saturated heterocycles. The molecule has 5 rings (SSSR count). The van der Waals surface area contributed by atoms with Crippen LogP contribution < -0.4 is 14.8 Å². The zero-order chi connectivity index (χ0) is 34.6. The van der Waals surface area contributed by atoms with Gasteiger partial charge < -0.3 is 33.7 Å². The maximum Gasteiger partial charge on any atom is 0.335 e. The average Bonchev–Trinajstić information content (AvgIpc) is 3.14. The molecule has 0 radical (unpaired) electrons. The van der Waals surface area contributed by atoms with Crippen LogP contribution in [0.5, 0.6) is 11.5 Å². The van der Waals surface area contributed by atoms with Gasteiger partial charge in [-0.25, -0.2) is 9.59 Å². The fourth-order valence-corrected chi connectivity index (χ4v) is 6.17. The van der Waals surface area contributed by atoms with Crippen molar-refractivity contribution in [1.82, 2.24) is 5.32 Å². The molecule has 1 heterocycles. The van der Waals surface area contributed by atoms with Crippen molar-refractivity contribution >= 4 is 11.9 Å². The molecule has 3 atom stereocenters. The van der Waals surface area contributed by atoms with Crippen molar-refractivity contribution in [3.8, 4) is 11.5 Å². The quantitative estimate of drug-likeness (QED) is 0.150. The number of methoxy groups -OCH3 is 4. The molecule has 0 saturated carbocycles. The van der Waals surface area contributed by atoms with Crippen molar-refractivity contribution in [2.24, 2.45) is 0 Å². The number of esters is 2. The minimum atomic E-state index is -0.854. The van der Waals surface area contributed by atoms with E-state index in [1.807, 2.05) is 78.9 Å². The van der Waals surface area contributed by atoms with Crippen molar-refractivity contribution in [2.45, 2.75) is 57.1 Å². The van der Waals surface area contributed by atoms with E-state index in [0.29, 0.717) is 17.9 Å². The fraction of sp³-hybridized carbons (Fsp3) is 0.350. The van der Waals surface area contributed by atoms with Crippen LogP contribution in [0.3, 0.4) is 0 Å². The lowest BCUT2D eigenvalue weighted by Crippen LogP contribution is -2.33. The third kappa shape index (κ3) is 9.47. The molecular weight excluding hydrogens is 622 g/mol. The van der Waals surface area contributed by atoms with Crippen LogP contribution in [-0.4, -0.2) is 59.1 Å². The number of rotatable bonds is 16. The molecule has 9 nitrogen and oxygen atoms in total. The smallest absolute Gasteiger partial charge is 0.335 e. The van der Waals surface area contributed by atoms with Gasteiger partial charge in [0.25, 0.3) is 0 Å². The van der Waals surface area contributed by atoms with E-state index in [0.717, 1.165) is 46.3 Å². The fourth-order valence-electron chi connectivity index (χ4n) is 6.17. The van der Waals surface area contributed by atoms with Gasteiger partial charge in [0.1, 0.15) is 13.2 Å². The Bertz CT molecular complexity index is 1680. The van der Waals surface area contributed by atoms with Crippen LogP contribution >= 0.6 is 0 Å². The van der Waals surface area contributed by atoms with Gasteiger partial charge in [-0.15, -0.1) is 0 Å². The minimum absolute atomic E-state index is 0.00902. The molecule has 0 aromatic heterocycles. The highest BCUT2D eigenvalue weighted by Crippen LogP contribution is 2.33. The van der Waals surface area contributed by atoms with E-state index in [4.69, 9.17) is 28.4 Å². The first-order valence-corrected chi connectivity index (χ1v) is 16.5. The SMILES string of the molecule is COc1ccc(C[C@H]2NCCc3cc(CC(OC)C(=O)OCc4ccccc4)c(CC(OC)C(=O)OCc4ccccc4)cc32)cc1OC. The highest BCUT2D eigenvalue weighted by atomic mass is 16.6. The molecule has 258 valence electrons. The number of ether oxygens (including phenoxy) is 6. The number of benzene rings is 4. The van der Waals surface area contributed by atoms with Crippen molar-refractivity contribution in [3.63, 3.8) is 0 Å². The third-order valence-electron chi connectivity index (χ3n) is 8.86. The average molecular weight is 668 g/mol. The van der Waals surface area contributed by atoms with Crippen LogP contribution in [0.25, 0.3) is 0 Å². The molecule has 0 aliphatic carbocycles. The number of hydrogen-bond donors (Lipinski definition) is 1. The molecular formula is C40H45NO8. The number of nitrogens with one attached hydrogen (secondary N) is 1. The van der Waals surface area contributed by atoms with E-state index in [1.165, 1.54) is 19.8 Å². The molecule has 0 amide bonds. The van der Waals surface area contributed by atoms with Gasteiger partial charge in [0.2, 0.25) is 0 Å². The molecule has 1 aliphatic heterocycles. The molecule has 0 bridgehead atoms. The van der Waals surface area contributed by atoms with Crippen molar-refractivity contribution in [2.75, 3.05) is 35.0 Å². The van der Waals surface area contributed by atoms with Crippen LogP contribution in [0.2, 0.25) is 0 Å². The second-order valence-corrected chi connectivity index (χ2v) is 12.0. The summed E-state index contributed by atoms with van der Waals surface area (Å²) < 4.78 is 33.7. The predicted molar refractivity (Wildman–Crippen MR) is 186 cm³/mol. The van der Waals surface area contributed by atoms with E-state index in [1.54, 1.807) is 14.2 Å². The Morgan fingerprint density at radius 3 is 1.76 bits per heavy atom. The first-order chi connectivity index (χ1) is 23.9. The molecule has 2 unspecified atom stereocenters. The largest absolute Gasteiger partial charge is 0.493 e. The van der Waals surface area contributed by atoms with E-state index >= 15 is 0 Å². The van der Waals surface area contributed by atoms with Crippen LogP contribution in [0.15, 0.2) is 91.0 Å². The number of carbonyl (C=O) groups excluding carboxylic acids is 2. The number of fused-ring (bicyclic) bond motifs is 1. The van der Waals surface area contributed by atoms with Crippen molar-refractivity contribution in [1.29, 1.82) is 0 Å². The van der Waals surface area contributed by atoms with Crippen LogP contribution in [0.1, 0.15) is 45.0 Å². The van der Waals surface area contributed by atoms with E-state index in [-0.39, 0.29) is 32.1 Å². The monoisotopic (exact) mass is 667 g/mol. The molecule has 0 fully saturated rings. The highest BCUT2D eigenvalue weighted by Gasteiger charge is 2.29. The van der Waals surface area contributed by atoms with E-state index < -0.39 is 24.1 Å². The van der Waals surface area contributed by atoms with Crippen LogP contribution in [0, 0.1) is 0 Å². The molecule has 9 heteroatoms. The van der Waals surface area contributed by atoms with E-state index in [2.05, 4.69) is 17.4 Å². The topological polar surface area (TPSA) is 102 Å². The Balaban J connectivity index is 1.42. The maximum atomic E-state index is 13.3. The van der Waals surface area contributed by atoms with Gasteiger partial charge >= 0.3 is 11.9 Å². The summed E-state index contributed by atoms with van der Waals surface area (Å²) in [4.78, 5) is 26.5. The summed E-state index contributed by atoms with van der Waals surface area (Å²) in [5, 5.41) is 3.67. The zero-order valence-corrected chi connectivity index (χ0v) is 28.6. The maximum absolute atomic E-state index is 13.3. The summed E-state index contributed by atoms with van der Waals surface area (Å²) >= 11 is 0. The van der Waals surface area contributed by atoms with Gasteiger partial charge in [0, 0.05) is 33.1 Å². The highest BCUT2D eigenvalue weighted by molar-refractivity contribution is 5.76.